The highest BCUT2D eigenvalue weighted by Crippen LogP contribution is 2.29. The van der Waals surface area contributed by atoms with Crippen molar-refractivity contribution in [3.63, 3.8) is 0 Å². The Kier molecular flexibility index (Phi) is 7.72. The molecule has 4 heterocycles. The number of carbonyl (C=O) groups excluding carboxylic acids is 1. The smallest absolute Gasteiger partial charge is 0.270 e. The van der Waals surface area contributed by atoms with Gasteiger partial charge in [0.1, 0.15) is 22.9 Å². The van der Waals surface area contributed by atoms with Crippen LogP contribution < -0.4 is 15.4 Å². The van der Waals surface area contributed by atoms with E-state index in [2.05, 4.69) is 35.6 Å². The molecular weight excluding hydrogens is 540 g/mol. The summed E-state index contributed by atoms with van der Waals surface area (Å²) in [5.74, 6) is -0.284. The van der Waals surface area contributed by atoms with E-state index in [9.17, 15) is 13.6 Å². The highest BCUT2D eigenvalue weighted by Gasteiger charge is 2.26. The molecule has 0 spiro atoms. The zero-order chi connectivity index (χ0) is 29.1. The Morgan fingerprint density at radius 3 is 2.79 bits per heavy atom. The van der Waals surface area contributed by atoms with Crippen LogP contribution in [-0.2, 0) is 0 Å². The van der Waals surface area contributed by atoms with Crippen molar-refractivity contribution in [2.75, 3.05) is 11.9 Å². The molecule has 1 fully saturated rings. The molecule has 9 nitrogen and oxygen atoms in total. The summed E-state index contributed by atoms with van der Waals surface area (Å²) in [5, 5.41) is 6.80. The fourth-order valence-electron chi connectivity index (χ4n) is 5.33. The van der Waals surface area contributed by atoms with Gasteiger partial charge in [0.2, 0.25) is 0 Å². The minimum absolute atomic E-state index is 0.0549. The molecule has 0 saturated heterocycles. The Morgan fingerprint density at radius 1 is 1.05 bits per heavy atom. The molecule has 0 radical (unpaired) electrons. The summed E-state index contributed by atoms with van der Waals surface area (Å²) in [6.07, 6.45) is 8.48. The molecule has 11 heteroatoms. The molecule has 4 aromatic heterocycles. The van der Waals surface area contributed by atoms with Gasteiger partial charge in [-0.15, -0.1) is 0 Å². The number of aromatic amines is 1. The van der Waals surface area contributed by atoms with Crippen LogP contribution in [-0.4, -0.2) is 49.5 Å². The van der Waals surface area contributed by atoms with E-state index in [1.165, 1.54) is 6.07 Å². The van der Waals surface area contributed by atoms with Crippen molar-refractivity contribution < 1.29 is 18.3 Å². The quantitative estimate of drug-likeness (QED) is 0.213. The third kappa shape index (κ3) is 5.90. The van der Waals surface area contributed by atoms with E-state index < -0.39 is 11.6 Å². The number of hydrogen-bond acceptors (Lipinski definition) is 7. The highest BCUT2D eigenvalue weighted by atomic mass is 19.1. The van der Waals surface area contributed by atoms with Crippen LogP contribution in [0, 0.1) is 11.6 Å². The number of anilines is 1. The predicted molar refractivity (Wildman–Crippen MR) is 155 cm³/mol. The lowest BCUT2D eigenvalue weighted by atomic mass is 9.90. The number of pyridine rings is 2. The Balaban J connectivity index is 1.13. The van der Waals surface area contributed by atoms with Crippen LogP contribution in [0.5, 0.6) is 5.75 Å². The monoisotopic (exact) mass is 569 g/mol. The molecule has 42 heavy (non-hydrogen) atoms. The lowest BCUT2D eigenvalue weighted by Gasteiger charge is -2.30. The van der Waals surface area contributed by atoms with E-state index >= 15 is 0 Å². The van der Waals surface area contributed by atoms with Crippen molar-refractivity contribution in [2.24, 2.45) is 0 Å². The predicted octanol–water partition coefficient (Wildman–Crippen LogP) is 5.91. The van der Waals surface area contributed by atoms with Gasteiger partial charge in [0.15, 0.2) is 17.5 Å². The molecule has 6 rings (SSSR count). The zero-order valence-electron chi connectivity index (χ0n) is 22.9. The molecule has 0 bridgehead atoms. The lowest BCUT2D eigenvalue weighted by molar-refractivity contribution is 0.0921. The van der Waals surface area contributed by atoms with Crippen LogP contribution in [0.25, 0.3) is 33.5 Å². The molecule has 3 N–H and O–H groups in total. The Bertz CT molecular complexity index is 1740. The largest absolute Gasteiger partial charge is 0.494 e. The molecule has 1 aliphatic carbocycles. The van der Waals surface area contributed by atoms with Gasteiger partial charge in [0.25, 0.3) is 5.91 Å². The van der Waals surface area contributed by atoms with Crippen molar-refractivity contribution in [1.29, 1.82) is 0 Å². The molecule has 0 aliphatic heterocycles. The van der Waals surface area contributed by atoms with E-state index in [1.807, 2.05) is 37.3 Å². The van der Waals surface area contributed by atoms with Crippen molar-refractivity contribution in [1.82, 2.24) is 30.2 Å². The number of nitrogens with one attached hydrogen (secondary N) is 3. The summed E-state index contributed by atoms with van der Waals surface area (Å²) in [6.45, 7) is 2.50. The Hall–Kier alpha value is -4.93. The van der Waals surface area contributed by atoms with Gasteiger partial charge in [-0.2, -0.15) is 0 Å². The average Bonchev–Trinajstić information content (AvgIpc) is 3.42. The number of amides is 1. The lowest BCUT2D eigenvalue weighted by Crippen LogP contribution is -2.42. The van der Waals surface area contributed by atoms with E-state index in [-0.39, 0.29) is 29.6 Å². The first-order valence-corrected chi connectivity index (χ1v) is 13.9. The molecule has 1 aliphatic rings. The maximum atomic E-state index is 14.8. The SMILES string of the molecule is CCOc1cccc(-c2ccnc(C(=O)N[C@H]3CCC[C@@H](Nc4nc(-c5c[nH]c6ncc(F)cc56)ncc4F)C3)c2)c1. The Morgan fingerprint density at radius 2 is 1.90 bits per heavy atom. The van der Waals surface area contributed by atoms with E-state index in [0.29, 0.717) is 35.3 Å². The number of nitrogens with zero attached hydrogens (tertiary/aromatic N) is 4. The molecule has 1 amide bonds. The summed E-state index contributed by atoms with van der Waals surface area (Å²) >= 11 is 0. The molecule has 0 unspecified atom stereocenters. The van der Waals surface area contributed by atoms with E-state index in [1.54, 1.807) is 18.5 Å². The number of halogens is 2. The second-order valence-electron chi connectivity index (χ2n) is 10.2. The van der Waals surface area contributed by atoms with Gasteiger partial charge in [-0.3, -0.25) is 9.78 Å². The zero-order valence-corrected chi connectivity index (χ0v) is 22.9. The van der Waals surface area contributed by atoms with Crippen molar-refractivity contribution in [3.8, 4) is 28.3 Å². The number of ether oxygens (including phenoxy) is 1. The third-order valence-electron chi connectivity index (χ3n) is 7.30. The molecule has 214 valence electrons. The van der Waals surface area contributed by atoms with Gasteiger partial charge in [-0.25, -0.2) is 23.7 Å². The first-order valence-electron chi connectivity index (χ1n) is 13.9. The summed E-state index contributed by atoms with van der Waals surface area (Å²) in [4.78, 5) is 33.0. The van der Waals surface area contributed by atoms with Crippen LogP contribution in [0.15, 0.2) is 67.3 Å². The number of rotatable bonds is 8. The van der Waals surface area contributed by atoms with Crippen LogP contribution in [0.4, 0.5) is 14.6 Å². The number of benzene rings is 1. The summed E-state index contributed by atoms with van der Waals surface area (Å²) < 4.78 is 34.2. The fraction of sp³-hybridized carbons (Fsp3) is 0.258. The van der Waals surface area contributed by atoms with Gasteiger partial charge in [0.05, 0.1) is 19.0 Å². The topological polar surface area (TPSA) is 118 Å². The fourth-order valence-corrected chi connectivity index (χ4v) is 5.33. The minimum Gasteiger partial charge on any atom is -0.494 e. The maximum absolute atomic E-state index is 14.8. The Labute approximate surface area is 240 Å². The van der Waals surface area contributed by atoms with Crippen LogP contribution >= 0.6 is 0 Å². The summed E-state index contributed by atoms with van der Waals surface area (Å²) in [7, 11) is 0. The van der Waals surface area contributed by atoms with Crippen LogP contribution in [0.3, 0.4) is 0 Å². The summed E-state index contributed by atoms with van der Waals surface area (Å²) in [5.41, 5.74) is 3.12. The first kappa shape index (κ1) is 27.3. The standard InChI is InChI=1S/C31H29F2N7O2/c1-2-42-23-8-3-5-18(11-23)19-9-10-34-27(12-19)31(41)39-22-7-4-6-21(14-22)38-30-26(33)17-37-29(40-30)25-16-36-28-24(25)13-20(32)15-35-28/h3,5,8-13,15-17,21-22H,2,4,6-7,14H2,1H3,(H,35,36)(H,39,41)(H,37,38,40)/t21-,22+/m1/s1. The third-order valence-corrected chi connectivity index (χ3v) is 7.30. The number of aromatic nitrogens is 5. The van der Waals surface area contributed by atoms with Crippen molar-refractivity contribution >= 4 is 22.8 Å². The highest BCUT2D eigenvalue weighted by molar-refractivity contribution is 5.94. The second-order valence-corrected chi connectivity index (χ2v) is 10.2. The van der Waals surface area contributed by atoms with Crippen molar-refractivity contribution in [2.45, 2.75) is 44.7 Å². The normalized spacial score (nSPS) is 16.7. The minimum atomic E-state index is -0.594. The number of hydrogen-bond donors (Lipinski definition) is 3. The second kappa shape index (κ2) is 11.9. The molecule has 2 atom stereocenters. The van der Waals surface area contributed by atoms with Crippen LogP contribution in [0.1, 0.15) is 43.1 Å². The maximum Gasteiger partial charge on any atom is 0.270 e. The van der Waals surface area contributed by atoms with Gasteiger partial charge in [0, 0.05) is 35.4 Å². The van der Waals surface area contributed by atoms with Gasteiger partial charge >= 0.3 is 0 Å². The molecule has 5 aromatic rings. The van der Waals surface area contributed by atoms with Gasteiger partial charge in [-0.05, 0) is 74.1 Å². The van der Waals surface area contributed by atoms with E-state index in [4.69, 9.17) is 4.74 Å². The van der Waals surface area contributed by atoms with E-state index in [0.717, 1.165) is 48.5 Å². The molecular formula is C31H29F2N7O2. The molecule has 1 aromatic carbocycles. The average molecular weight is 570 g/mol. The van der Waals surface area contributed by atoms with Gasteiger partial charge in [-0.1, -0.05) is 12.1 Å². The molecule has 1 saturated carbocycles. The number of fused-ring (bicyclic) bond motifs is 1. The first-order chi connectivity index (χ1) is 20.5. The number of carbonyl (C=O) groups is 1. The van der Waals surface area contributed by atoms with Gasteiger partial charge < -0.3 is 20.4 Å². The summed E-state index contributed by atoms with van der Waals surface area (Å²) in [6, 6.07) is 12.4. The number of H-pyrrole nitrogens is 1. The van der Waals surface area contributed by atoms with Crippen molar-refractivity contribution in [3.05, 3.63) is 84.6 Å². The van der Waals surface area contributed by atoms with Crippen LogP contribution in [0.2, 0.25) is 0 Å².